The number of carbonyl (C=O) groups excluding carboxylic acids is 1. The van der Waals surface area contributed by atoms with E-state index in [-0.39, 0.29) is 5.91 Å². The van der Waals surface area contributed by atoms with Gasteiger partial charge in [0.1, 0.15) is 24.8 Å². The molecular formula is C15H19N9O. The predicted octanol–water partition coefficient (Wildman–Crippen LogP) is -0.155. The molecule has 4 rings (SSSR count). The summed E-state index contributed by atoms with van der Waals surface area (Å²) in [5.74, 6) is 1.79. The Bertz CT molecular complexity index is 836. The molecule has 0 atom stereocenters. The number of aryl methyl sites for hydroxylation is 1. The molecule has 0 radical (unpaired) electrons. The molecule has 3 aromatic rings. The standard InChI is InChI=1S/C15H19N9O/c25-14(2-1-5-23-11-16-10-19-23)22-8-6-21(7-9-22)13-3-4-17-15-20-18-12-24(13)15/h3-4,10-12H,1-2,5-9H2. The first-order valence-corrected chi connectivity index (χ1v) is 8.31. The van der Waals surface area contributed by atoms with Crippen molar-refractivity contribution in [2.45, 2.75) is 19.4 Å². The van der Waals surface area contributed by atoms with E-state index in [4.69, 9.17) is 0 Å². The molecule has 1 saturated heterocycles. The highest BCUT2D eigenvalue weighted by molar-refractivity contribution is 5.76. The van der Waals surface area contributed by atoms with Crippen LogP contribution in [0.25, 0.3) is 5.78 Å². The number of aromatic nitrogens is 7. The normalized spacial score (nSPS) is 15.0. The van der Waals surface area contributed by atoms with Crippen LogP contribution in [-0.2, 0) is 11.3 Å². The second-order valence-corrected chi connectivity index (χ2v) is 5.93. The summed E-state index contributed by atoms with van der Waals surface area (Å²) in [5.41, 5.74) is 0. The number of nitrogens with zero attached hydrogens (tertiary/aromatic N) is 9. The lowest BCUT2D eigenvalue weighted by atomic mass is 10.2. The van der Waals surface area contributed by atoms with Crippen molar-refractivity contribution in [1.29, 1.82) is 0 Å². The van der Waals surface area contributed by atoms with Crippen molar-refractivity contribution >= 4 is 17.5 Å². The zero-order valence-corrected chi connectivity index (χ0v) is 13.8. The fraction of sp³-hybridized carbons (Fsp3) is 0.467. The third-order valence-corrected chi connectivity index (χ3v) is 4.39. The van der Waals surface area contributed by atoms with Crippen molar-refractivity contribution in [3.8, 4) is 0 Å². The molecule has 3 aromatic heterocycles. The van der Waals surface area contributed by atoms with Gasteiger partial charge in [0.15, 0.2) is 0 Å². The highest BCUT2D eigenvalue weighted by Crippen LogP contribution is 2.17. The molecule has 0 bridgehead atoms. The van der Waals surface area contributed by atoms with Crippen LogP contribution in [-0.4, -0.2) is 71.3 Å². The van der Waals surface area contributed by atoms with Crippen molar-refractivity contribution in [3.63, 3.8) is 0 Å². The van der Waals surface area contributed by atoms with E-state index in [0.29, 0.717) is 31.8 Å². The maximum absolute atomic E-state index is 12.4. The van der Waals surface area contributed by atoms with E-state index in [9.17, 15) is 4.79 Å². The van der Waals surface area contributed by atoms with Crippen LogP contribution >= 0.6 is 0 Å². The molecule has 130 valence electrons. The monoisotopic (exact) mass is 341 g/mol. The minimum Gasteiger partial charge on any atom is -0.354 e. The lowest BCUT2D eigenvalue weighted by molar-refractivity contribution is -0.131. The topological polar surface area (TPSA) is 97.3 Å². The number of anilines is 1. The van der Waals surface area contributed by atoms with E-state index in [1.165, 1.54) is 6.33 Å². The fourth-order valence-corrected chi connectivity index (χ4v) is 3.07. The molecule has 10 nitrogen and oxygen atoms in total. The fourth-order valence-electron chi connectivity index (χ4n) is 3.07. The lowest BCUT2D eigenvalue weighted by Crippen LogP contribution is -2.49. The van der Waals surface area contributed by atoms with Crippen molar-refractivity contribution in [1.82, 2.24) is 39.2 Å². The predicted molar refractivity (Wildman–Crippen MR) is 88.8 cm³/mol. The number of carbonyl (C=O) groups is 1. The van der Waals surface area contributed by atoms with Crippen LogP contribution in [0.1, 0.15) is 12.8 Å². The molecule has 0 aromatic carbocycles. The van der Waals surface area contributed by atoms with Crippen molar-refractivity contribution in [2.75, 3.05) is 31.1 Å². The number of hydrogen-bond acceptors (Lipinski definition) is 7. The molecule has 1 aliphatic heterocycles. The van der Waals surface area contributed by atoms with E-state index < -0.39 is 0 Å². The first kappa shape index (κ1) is 15.5. The SMILES string of the molecule is O=C(CCCn1cncn1)N1CCN(c2ccnc3nncn23)CC1. The summed E-state index contributed by atoms with van der Waals surface area (Å²) in [6.45, 7) is 3.72. The molecule has 0 saturated carbocycles. The summed E-state index contributed by atoms with van der Waals surface area (Å²) in [6.07, 6.45) is 7.88. The number of fused-ring (bicyclic) bond motifs is 1. The number of amides is 1. The second kappa shape index (κ2) is 6.83. The van der Waals surface area contributed by atoms with Crippen LogP contribution in [0.2, 0.25) is 0 Å². The Morgan fingerprint density at radius 3 is 2.84 bits per heavy atom. The minimum absolute atomic E-state index is 0.198. The molecule has 0 spiro atoms. The molecule has 0 N–H and O–H groups in total. The van der Waals surface area contributed by atoms with Crippen molar-refractivity contribution in [3.05, 3.63) is 31.2 Å². The summed E-state index contributed by atoms with van der Waals surface area (Å²) in [5, 5.41) is 11.9. The second-order valence-electron chi connectivity index (χ2n) is 5.93. The van der Waals surface area contributed by atoms with E-state index in [1.807, 2.05) is 15.4 Å². The van der Waals surface area contributed by atoms with Gasteiger partial charge in [-0.15, -0.1) is 10.2 Å². The summed E-state index contributed by atoms with van der Waals surface area (Å²) in [7, 11) is 0. The van der Waals surface area contributed by atoms with E-state index in [2.05, 4.69) is 30.2 Å². The van der Waals surface area contributed by atoms with Gasteiger partial charge in [-0.3, -0.25) is 13.9 Å². The summed E-state index contributed by atoms with van der Waals surface area (Å²) >= 11 is 0. The molecule has 1 fully saturated rings. The maximum atomic E-state index is 12.4. The largest absolute Gasteiger partial charge is 0.354 e. The van der Waals surface area contributed by atoms with Gasteiger partial charge in [-0.25, -0.2) is 9.97 Å². The van der Waals surface area contributed by atoms with Crippen LogP contribution in [0, 0.1) is 0 Å². The van der Waals surface area contributed by atoms with Crippen LogP contribution in [0.5, 0.6) is 0 Å². The Kier molecular flexibility index (Phi) is 4.23. The smallest absolute Gasteiger partial charge is 0.256 e. The van der Waals surface area contributed by atoms with Gasteiger partial charge in [0.05, 0.1) is 0 Å². The average Bonchev–Trinajstić information content (AvgIpc) is 3.33. The maximum Gasteiger partial charge on any atom is 0.256 e. The Morgan fingerprint density at radius 1 is 1.16 bits per heavy atom. The van der Waals surface area contributed by atoms with E-state index >= 15 is 0 Å². The van der Waals surface area contributed by atoms with Crippen LogP contribution in [0.15, 0.2) is 31.2 Å². The number of rotatable bonds is 5. The van der Waals surface area contributed by atoms with Crippen molar-refractivity contribution < 1.29 is 4.79 Å². The Balaban J connectivity index is 1.30. The summed E-state index contributed by atoms with van der Waals surface area (Å²) in [4.78, 5) is 24.6. The summed E-state index contributed by atoms with van der Waals surface area (Å²) in [6, 6.07) is 1.95. The van der Waals surface area contributed by atoms with Gasteiger partial charge in [0, 0.05) is 45.3 Å². The van der Waals surface area contributed by atoms with E-state index in [0.717, 1.165) is 25.3 Å². The highest BCUT2D eigenvalue weighted by Gasteiger charge is 2.22. The Morgan fingerprint density at radius 2 is 2.04 bits per heavy atom. The molecule has 0 aliphatic carbocycles. The zero-order valence-electron chi connectivity index (χ0n) is 13.8. The van der Waals surface area contributed by atoms with Gasteiger partial charge in [-0.2, -0.15) is 5.10 Å². The Hall–Kier alpha value is -3.04. The molecule has 25 heavy (non-hydrogen) atoms. The summed E-state index contributed by atoms with van der Waals surface area (Å²) < 4.78 is 3.62. The Labute approximate surface area is 144 Å². The quantitative estimate of drug-likeness (QED) is 0.636. The average molecular weight is 341 g/mol. The molecular weight excluding hydrogens is 322 g/mol. The van der Waals surface area contributed by atoms with E-state index in [1.54, 1.807) is 23.5 Å². The zero-order chi connectivity index (χ0) is 17.1. The van der Waals surface area contributed by atoms with Crippen LogP contribution in [0.4, 0.5) is 5.82 Å². The van der Waals surface area contributed by atoms with Gasteiger partial charge in [-0.05, 0) is 12.5 Å². The van der Waals surface area contributed by atoms with Gasteiger partial charge in [-0.1, -0.05) is 0 Å². The molecule has 1 aliphatic rings. The minimum atomic E-state index is 0.198. The third kappa shape index (κ3) is 3.28. The van der Waals surface area contributed by atoms with Gasteiger partial charge in [0.25, 0.3) is 5.78 Å². The molecule has 10 heteroatoms. The highest BCUT2D eigenvalue weighted by atomic mass is 16.2. The van der Waals surface area contributed by atoms with Crippen LogP contribution < -0.4 is 4.90 Å². The van der Waals surface area contributed by atoms with Gasteiger partial charge >= 0.3 is 0 Å². The van der Waals surface area contributed by atoms with Gasteiger partial charge < -0.3 is 9.80 Å². The molecule has 1 amide bonds. The lowest BCUT2D eigenvalue weighted by Gasteiger charge is -2.36. The third-order valence-electron chi connectivity index (χ3n) is 4.39. The number of piperazine rings is 1. The molecule has 4 heterocycles. The van der Waals surface area contributed by atoms with Gasteiger partial charge in [0.2, 0.25) is 5.91 Å². The first-order valence-electron chi connectivity index (χ1n) is 8.31. The van der Waals surface area contributed by atoms with Crippen molar-refractivity contribution in [2.24, 2.45) is 0 Å². The molecule has 0 unspecified atom stereocenters. The number of hydrogen-bond donors (Lipinski definition) is 0. The van der Waals surface area contributed by atoms with Crippen LogP contribution in [0.3, 0.4) is 0 Å². The first-order chi connectivity index (χ1) is 12.3.